The van der Waals surface area contributed by atoms with Crippen LogP contribution in [0.1, 0.15) is 28.4 Å². The van der Waals surface area contributed by atoms with Crippen molar-refractivity contribution in [1.29, 1.82) is 0 Å². The summed E-state index contributed by atoms with van der Waals surface area (Å²) >= 11 is 5.88. The van der Waals surface area contributed by atoms with Gasteiger partial charge in [0.05, 0.1) is 6.61 Å². The summed E-state index contributed by atoms with van der Waals surface area (Å²) in [6, 6.07) is 13.4. The first-order valence-electron chi connectivity index (χ1n) is 7.75. The van der Waals surface area contributed by atoms with Crippen LogP contribution in [-0.4, -0.2) is 23.5 Å². The minimum atomic E-state index is -0.733. The Labute approximate surface area is 150 Å². The fraction of sp³-hybridized carbons (Fsp3) is 0.100. The van der Waals surface area contributed by atoms with Gasteiger partial charge in [0.1, 0.15) is 11.3 Å². The molecule has 0 amide bonds. The molecule has 126 valence electrons. The highest BCUT2D eigenvalue weighted by molar-refractivity contribution is 6.30. The number of halogens is 1. The molecule has 1 N–H and O–H groups in total. The molecule has 0 spiro atoms. The van der Waals surface area contributed by atoms with E-state index in [9.17, 15) is 14.7 Å². The highest BCUT2D eigenvalue weighted by Gasteiger charge is 2.34. The third kappa shape index (κ3) is 3.21. The fourth-order valence-electron chi connectivity index (χ4n) is 2.68. The molecule has 0 unspecified atom stereocenters. The van der Waals surface area contributed by atoms with Crippen molar-refractivity contribution in [3.63, 3.8) is 0 Å². The standard InChI is InChI=1S/C20H15ClO4/c1-2-25-20(24)17-16(11-12-7-9-13(21)10-8-12)18(22)14-5-3-4-6-15(14)19(17)23/h3-11,23H,2H2,1H3/b16-11-. The van der Waals surface area contributed by atoms with Crippen molar-refractivity contribution < 1.29 is 19.4 Å². The molecule has 2 aromatic rings. The van der Waals surface area contributed by atoms with Crippen molar-refractivity contribution in [2.75, 3.05) is 6.61 Å². The van der Waals surface area contributed by atoms with Gasteiger partial charge in [0.2, 0.25) is 0 Å². The van der Waals surface area contributed by atoms with Crippen LogP contribution in [0, 0.1) is 0 Å². The molecule has 0 heterocycles. The van der Waals surface area contributed by atoms with Gasteiger partial charge < -0.3 is 9.84 Å². The molecule has 0 fully saturated rings. The Morgan fingerprint density at radius 1 is 1.12 bits per heavy atom. The summed E-state index contributed by atoms with van der Waals surface area (Å²) in [6.07, 6.45) is 1.55. The molecule has 25 heavy (non-hydrogen) atoms. The van der Waals surface area contributed by atoms with Crippen LogP contribution in [0.15, 0.2) is 59.7 Å². The molecular formula is C20H15ClO4. The van der Waals surface area contributed by atoms with E-state index in [0.717, 1.165) is 0 Å². The lowest BCUT2D eigenvalue weighted by Gasteiger charge is -2.20. The van der Waals surface area contributed by atoms with Crippen LogP contribution < -0.4 is 0 Å². The number of Topliss-reactive ketones (excluding diaryl/α,β-unsaturated/α-hetero) is 1. The summed E-state index contributed by atoms with van der Waals surface area (Å²) in [5.41, 5.74) is 1.32. The van der Waals surface area contributed by atoms with E-state index in [1.165, 1.54) is 0 Å². The molecule has 0 radical (unpaired) electrons. The van der Waals surface area contributed by atoms with Crippen molar-refractivity contribution >= 4 is 35.2 Å². The first-order valence-corrected chi connectivity index (χ1v) is 8.12. The second-order valence-electron chi connectivity index (χ2n) is 5.43. The number of ether oxygens (including phenoxy) is 1. The van der Waals surface area contributed by atoms with Crippen LogP contribution in [0.5, 0.6) is 0 Å². The summed E-state index contributed by atoms with van der Waals surface area (Å²) in [7, 11) is 0. The Bertz CT molecular complexity index is 908. The number of esters is 1. The molecule has 0 aliphatic heterocycles. The van der Waals surface area contributed by atoms with Crippen molar-refractivity contribution in [2.45, 2.75) is 6.92 Å². The van der Waals surface area contributed by atoms with Crippen LogP contribution in [0.25, 0.3) is 11.8 Å². The van der Waals surface area contributed by atoms with E-state index in [1.807, 2.05) is 0 Å². The van der Waals surface area contributed by atoms with Crippen LogP contribution in [0.2, 0.25) is 5.02 Å². The van der Waals surface area contributed by atoms with Gasteiger partial charge in [0, 0.05) is 21.7 Å². The number of aliphatic hydroxyl groups is 1. The number of hydrogen-bond donors (Lipinski definition) is 1. The smallest absolute Gasteiger partial charge is 0.342 e. The number of hydrogen-bond acceptors (Lipinski definition) is 4. The van der Waals surface area contributed by atoms with E-state index in [1.54, 1.807) is 61.5 Å². The average molecular weight is 355 g/mol. The maximum absolute atomic E-state index is 12.9. The molecule has 1 aliphatic carbocycles. The molecule has 4 nitrogen and oxygen atoms in total. The molecule has 0 atom stereocenters. The Morgan fingerprint density at radius 2 is 1.76 bits per heavy atom. The van der Waals surface area contributed by atoms with E-state index >= 15 is 0 Å². The highest BCUT2D eigenvalue weighted by Crippen LogP contribution is 2.35. The van der Waals surface area contributed by atoms with E-state index < -0.39 is 5.97 Å². The maximum atomic E-state index is 12.9. The van der Waals surface area contributed by atoms with Gasteiger partial charge in [-0.1, -0.05) is 48.0 Å². The number of fused-ring (bicyclic) bond motifs is 1. The third-order valence-electron chi connectivity index (χ3n) is 3.84. The normalized spacial score (nSPS) is 15.3. The molecule has 0 aromatic heterocycles. The lowest BCUT2D eigenvalue weighted by molar-refractivity contribution is -0.138. The van der Waals surface area contributed by atoms with Gasteiger partial charge in [0.15, 0.2) is 5.78 Å². The average Bonchev–Trinajstić information content (AvgIpc) is 2.61. The van der Waals surface area contributed by atoms with Crippen molar-refractivity contribution in [3.05, 3.63) is 81.4 Å². The minimum Gasteiger partial charge on any atom is -0.506 e. The fourth-order valence-corrected chi connectivity index (χ4v) is 2.81. The first-order chi connectivity index (χ1) is 12.0. The lowest BCUT2D eigenvalue weighted by Crippen LogP contribution is -2.22. The minimum absolute atomic E-state index is 0.0944. The summed E-state index contributed by atoms with van der Waals surface area (Å²) in [4.78, 5) is 25.3. The van der Waals surface area contributed by atoms with Crippen LogP contribution in [0.4, 0.5) is 0 Å². The number of carbonyl (C=O) groups excluding carboxylic acids is 2. The molecule has 5 heteroatoms. The van der Waals surface area contributed by atoms with Gasteiger partial charge in [-0.05, 0) is 30.7 Å². The predicted octanol–water partition coefficient (Wildman–Crippen LogP) is 4.45. The van der Waals surface area contributed by atoms with Crippen LogP contribution >= 0.6 is 11.6 Å². The molecule has 0 saturated carbocycles. The van der Waals surface area contributed by atoms with Crippen molar-refractivity contribution in [1.82, 2.24) is 0 Å². The maximum Gasteiger partial charge on any atom is 0.342 e. The Kier molecular flexibility index (Phi) is 4.72. The van der Waals surface area contributed by atoms with Gasteiger partial charge in [-0.25, -0.2) is 4.79 Å². The second-order valence-corrected chi connectivity index (χ2v) is 5.86. The summed E-state index contributed by atoms with van der Waals surface area (Å²) in [6.45, 7) is 1.80. The molecule has 3 rings (SSSR count). The Morgan fingerprint density at radius 3 is 2.40 bits per heavy atom. The zero-order chi connectivity index (χ0) is 18.0. The van der Waals surface area contributed by atoms with Gasteiger partial charge in [-0.2, -0.15) is 0 Å². The summed E-state index contributed by atoms with van der Waals surface area (Å²) < 4.78 is 5.03. The van der Waals surface area contributed by atoms with E-state index in [0.29, 0.717) is 21.7 Å². The van der Waals surface area contributed by atoms with Crippen molar-refractivity contribution in [2.24, 2.45) is 0 Å². The largest absolute Gasteiger partial charge is 0.506 e. The SMILES string of the molecule is CCOC(=O)C1=C(O)c2ccccc2C(=O)/C1=C\c1ccc(Cl)cc1. The third-order valence-corrected chi connectivity index (χ3v) is 4.09. The number of aliphatic hydroxyl groups excluding tert-OH is 1. The first kappa shape index (κ1) is 17.0. The monoisotopic (exact) mass is 354 g/mol. The molecule has 2 aromatic carbocycles. The second kappa shape index (κ2) is 6.95. The summed E-state index contributed by atoms with van der Waals surface area (Å²) in [5.74, 6) is -1.33. The predicted molar refractivity (Wildman–Crippen MR) is 96.4 cm³/mol. The molecular weight excluding hydrogens is 340 g/mol. The van der Waals surface area contributed by atoms with Gasteiger partial charge in [0.25, 0.3) is 0 Å². The highest BCUT2D eigenvalue weighted by atomic mass is 35.5. The molecule has 1 aliphatic rings. The van der Waals surface area contributed by atoms with E-state index in [2.05, 4.69) is 0 Å². The zero-order valence-corrected chi connectivity index (χ0v) is 14.2. The summed E-state index contributed by atoms with van der Waals surface area (Å²) in [5, 5.41) is 11.2. The lowest BCUT2D eigenvalue weighted by atomic mass is 9.84. The topological polar surface area (TPSA) is 63.6 Å². The van der Waals surface area contributed by atoms with E-state index in [4.69, 9.17) is 16.3 Å². The van der Waals surface area contributed by atoms with Gasteiger partial charge in [-0.3, -0.25) is 4.79 Å². The molecule has 0 saturated heterocycles. The van der Waals surface area contributed by atoms with Gasteiger partial charge >= 0.3 is 5.97 Å². The number of rotatable bonds is 3. The number of carbonyl (C=O) groups is 2. The van der Waals surface area contributed by atoms with Crippen LogP contribution in [-0.2, 0) is 9.53 Å². The zero-order valence-electron chi connectivity index (χ0n) is 13.5. The Hall–Kier alpha value is -2.85. The molecule has 0 bridgehead atoms. The number of benzene rings is 2. The quantitative estimate of drug-likeness (QED) is 0.653. The van der Waals surface area contributed by atoms with Crippen LogP contribution in [0.3, 0.4) is 0 Å². The number of ketones is 1. The van der Waals surface area contributed by atoms with Crippen molar-refractivity contribution in [3.8, 4) is 0 Å². The Balaban J connectivity index is 2.21. The van der Waals surface area contributed by atoms with Gasteiger partial charge in [-0.15, -0.1) is 0 Å². The van der Waals surface area contributed by atoms with E-state index in [-0.39, 0.29) is 29.3 Å².